The highest BCUT2D eigenvalue weighted by atomic mass is 16.5. The van der Waals surface area contributed by atoms with Crippen molar-refractivity contribution in [3.8, 4) is 22.4 Å². The van der Waals surface area contributed by atoms with Gasteiger partial charge in [-0.1, -0.05) is 32.0 Å². The number of ether oxygens (including phenoxy) is 1. The second kappa shape index (κ2) is 9.83. The molecule has 39 heavy (non-hydrogen) atoms. The maximum absolute atomic E-state index is 12.6. The lowest BCUT2D eigenvalue weighted by atomic mass is 9.82. The first-order valence-corrected chi connectivity index (χ1v) is 13.6. The lowest BCUT2D eigenvalue weighted by molar-refractivity contribution is -0.160. The number of pyridine rings is 1. The summed E-state index contributed by atoms with van der Waals surface area (Å²) in [6.45, 7) is 13.9. The van der Waals surface area contributed by atoms with Crippen LogP contribution >= 0.6 is 0 Å². The van der Waals surface area contributed by atoms with Crippen LogP contribution in [0.15, 0.2) is 48.9 Å². The van der Waals surface area contributed by atoms with Crippen molar-refractivity contribution >= 4 is 17.4 Å². The first-order valence-electron chi connectivity index (χ1n) is 13.6. The van der Waals surface area contributed by atoms with Gasteiger partial charge in [-0.15, -0.1) is 0 Å². The fraction of sp³-hybridized carbons (Fsp3) is 0.452. The second-order valence-electron chi connectivity index (χ2n) is 12.5. The number of carboxylic acids is 1. The number of rotatable bonds is 6. The first-order chi connectivity index (χ1) is 18.3. The summed E-state index contributed by atoms with van der Waals surface area (Å²) in [7, 11) is 1.91. The number of benzene rings is 1. The van der Waals surface area contributed by atoms with Gasteiger partial charge in [-0.2, -0.15) is 5.10 Å². The van der Waals surface area contributed by atoms with Crippen molar-refractivity contribution in [1.29, 1.82) is 0 Å². The molecule has 0 radical (unpaired) electrons. The monoisotopic (exact) mass is 529 g/mol. The highest BCUT2D eigenvalue weighted by Gasteiger charge is 2.35. The Morgan fingerprint density at radius 3 is 2.38 bits per heavy atom. The quantitative estimate of drug-likeness (QED) is 0.317. The van der Waals surface area contributed by atoms with Crippen LogP contribution in [0.25, 0.3) is 28.0 Å². The molecule has 4 heterocycles. The Bertz CT molecular complexity index is 1510. The van der Waals surface area contributed by atoms with Crippen LogP contribution in [0.4, 0.5) is 5.82 Å². The minimum Gasteiger partial charge on any atom is -0.479 e. The third-order valence-electron chi connectivity index (χ3n) is 7.54. The molecular weight excluding hydrogens is 490 g/mol. The molecule has 0 unspecified atom stereocenters. The number of aryl methyl sites for hydroxylation is 2. The van der Waals surface area contributed by atoms with Gasteiger partial charge in [0.15, 0.2) is 6.10 Å². The molecule has 0 aliphatic carbocycles. The molecule has 1 fully saturated rings. The summed E-state index contributed by atoms with van der Waals surface area (Å²) < 4.78 is 10.0. The number of aliphatic carboxylic acids is 1. The molecule has 8 heteroatoms. The topological polar surface area (TPSA) is 84.9 Å². The van der Waals surface area contributed by atoms with Gasteiger partial charge in [0, 0.05) is 49.2 Å². The van der Waals surface area contributed by atoms with E-state index in [1.165, 1.54) is 0 Å². The number of nitrogens with zero attached hydrogens (tertiary/aromatic N) is 5. The molecule has 1 N–H and O–H groups in total. The molecule has 5 rings (SSSR count). The summed E-state index contributed by atoms with van der Waals surface area (Å²) in [6.07, 6.45) is 6.83. The zero-order valence-corrected chi connectivity index (χ0v) is 24.0. The number of imidazole rings is 1. The molecule has 1 aliphatic heterocycles. The van der Waals surface area contributed by atoms with Gasteiger partial charge in [0.25, 0.3) is 0 Å². The van der Waals surface area contributed by atoms with Crippen LogP contribution in [-0.2, 0) is 16.6 Å². The Balaban J connectivity index is 1.68. The highest BCUT2D eigenvalue weighted by molar-refractivity contribution is 5.80. The number of anilines is 1. The van der Waals surface area contributed by atoms with E-state index >= 15 is 0 Å². The fourth-order valence-corrected chi connectivity index (χ4v) is 5.37. The molecule has 8 nitrogen and oxygen atoms in total. The van der Waals surface area contributed by atoms with E-state index in [9.17, 15) is 9.90 Å². The third-order valence-corrected chi connectivity index (χ3v) is 7.54. The lowest BCUT2D eigenvalue weighted by Gasteiger charge is -2.40. The van der Waals surface area contributed by atoms with Gasteiger partial charge in [-0.25, -0.2) is 9.78 Å². The molecule has 1 aliphatic rings. The van der Waals surface area contributed by atoms with Crippen molar-refractivity contribution in [2.75, 3.05) is 18.0 Å². The zero-order valence-electron chi connectivity index (χ0n) is 24.0. The maximum Gasteiger partial charge on any atom is 0.337 e. The molecule has 206 valence electrons. The molecule has 1 aromatic carbocycles. The number of carbonyl (C=O) groups is 1. The first kappa shape index (κ1) is 26.9. The molecule has 0 saturated carbocycles. The van der Waals surface area contributed by atoms with Crippen LogP contribution in [0.1, 0.15) is 64.7 Å². The van der Waals surface area contributed by atoms with Crippen LogP contribution in [0.2, 0.25) is 0 Å². The SMILES string of the molecule is Cc1cc2nc(-c3cccc(-c4cnn(C)c4)c3)cn2c(N2CCC(C)(C)CC2)c1[C@H](OC(C)(C)C)C(=O)O. The number of fused-ring (bicyclic) bond motifs is 1. The van der Waals surface area contributed by atoms with E-state index in [1.807, 2.05) is 65.5 Å². The van der Waals surface area contributed by atoms with Crippen molar-refractivity contribution in [2.45, 2.75) is 66.1 Å². The van der Waals surface area contributed by atoms with E-state index in [0.29, 0.717) is 5.56 Å². The average Bonchev–Trinajstić information content (AvgIpc) is 3.48. The largest absolute Gasteiger partial charge is 0.479 e. The molecule has 1 saturated heterocycles. The normalized spacial score (nSPS) is 16.5. The van der Waals surface area contributed by atoms with Crippen molar-refractivity contribution in [3.05, 3.63) is 60.0 Å². The van der Waals surface area contributed by atoms with Crippen molar-refractivity contribution in [1.82, 2.24) is 19.2 Å². The molecule has 0 bridgehead atoms. The molecule has 0 spiro atoms. The Labute approximate surface area is 230 Å². The Hall–Kier alpha value is -3.65. The summed E-state index contributed by atoms with van der Waals surface area (Å²) in [5, 5.41) is 14.7. The molecule has 0 amide bonds. The van der Waals surface area contributed by atoms with Crippen LogP contribution in [0.5, 0.6) is 0 Å². The molecule has 4 aromatic rings. The molecule has 1 atom stereocenters. The standard InChI is InChI=1S/C31H39N5O3/c1-20-15-25-33-24(22-10-8-9-21(16-22)23-17-32-34(7)18-23)19-36(25)28(35-13-11-31(5,6)12-14-35)26(20)27(29(37)38)39-30(2,3)4/h8-10,15-19,27H,11-14H2,1-7H3,(H,37,38)/t27-/m0/s1. The van der Waals surface area contributed by atoms with Crippen LogP contribution < -0.4 is 4.90 Å². The van der Waals surface area contributed by atoms with E-state index in [4.69, 9.17) is 9.72 Å². The molecule has 3 aromatic heterocycles. The van der Waals surface area contributed by atoms with Gasteiger partial charge in [0.2, 0.25) is 0 Å². The number of aromatic nitrogens is 4. The van der Waals surface area contributed by atoms with Gasteiger partial charge >= 0.3 is 5.97 Å². The number of carboxylic acid groups (broad SMARTS) is 1. The van der Waals surface area contributed by atoms with Crippen molar-refractivity contribution in [2.24, 2.45) is 12.5 Å². The lowest BCUT2D eigenvalue weighted by Crippen LogP contribution is -2.40. The maximum atomic E-state index is 12.6. The average molecular weight is 530 g/mol. The predicted octanol–water partition coefficient (Wildman–Crippen LogP) is 6.28. The van der Waals surface area contributed by atoms with Gasteiger partial charge in [0.05, 0.1) is 17.5 Å². The minimum atomic E-state index is -1.10. The highest BCUT2D eigenvalue weighted by Crippen LogP contribution is 2.40. The third kappa shape index (κ3) is 5.57. The zero-order chi connectivity index (χ0) is 28.1. The van der Waals surface area contributed by atoms with Gasteiger partial charge in [-0.05, 0) is 69.2 Å². The summed E-state index contributed by atoms with van der Waals surface area (Å²) >= 11 is 0. The van der Waals surface area contributed by atoms with Crippen LogP contribution in [-0.4, -0.2) is 48.9 Å². The Morgan fingerprint density at radius 1 is 1.08 bits per heavy atom. The summed E-state index contributed by atoms with van der Waals surface area (Å²) in [4.78, 5) is 20.0. The van der Waals surface area contributed by atoms with Gasteiger partial charge in [0.1, 0.15) is 11.5 Å². The molecular formula is C31H39N5O3. The summed E-state index contributed by atoms with van der Waals surface area (Å²) in [6, 6.07) is 10.3. The van der Waals surface area contributed by atoms with Gasteiger partial charge < -0.3 is 14.7 Å². The fourth-order valence-electron chi connectivity index (χ4n) is 5.37. The van der Waals surface area contributed by atoms with E-state index in [1.54, 1.807) is 4.68 Å². The van der Waals surface area contributed by atoms with Crippen LogP contribution in [0.3, 0.4) is 0 Å². The number of hydrogen-bond donors (Lipinski definition) is 1. The second-order valence-corrected chi connectivity index (χ2v) is 12.5. The van der Waals surface area contributed by atoms with E-state index in [0.717, 1.165) is 65.3 Å². The predicted molar refractivity (Wildman–Crippen MR) is 154 cm³/mol. The Kier molecular flexibility index (Phi) is 6.79. The van der Waals surface area contributed by atoms with Crippen molar-refractivity contribution < 1.29 is 14.6 Å². The van der Waals surface area contributed by atoms with E-state index in [-0.39, 0.29) is 5.41 Å². The number of piperidine rings is 1. The number of hydrogen-bond acceptors (Lipinski definition) is 5. The van der Waals surface area contributed by atoms with Gasteiger partial charge in [-0.3, -0.25) is 9.08 Å². The van der Waals surface area contributed by atoms with E-state index < -0.39 is 17.7 Å². The minimum absolute atomic E-state index is 0.251. The van der Waals surface area contributed by atoms with E-state index in [2.05, 4.69) is 46.4 Å². The van der Waals surface area contributed by atoms with Crippen molar-refractivity contribution in [3.63, 3.8) is 0 Å². The Morgan fingerprint density at radius 2 is 1.77 bits per heavy atom. The summed E-state index contributed by atoms with van der Waals surface area (Å²) in [5.74, 6) is -0.130. The smallest absolute Gasteiger partial charge is 0.337 e. The van der Waals surface area contributed by atoms with Crippen LogP contribution in [0, 0.1) is 12.3 Å². The summed E-state index contributed by atoms with van der Waals surface area (Å²) in [5.41, 5.74) is 5.90.